The van der Waals surface area contributed by atoms with Gasteiger partial charge in [-0.1, -0.05) is 13.0 Å². The maximum Gasteiger partial charge on any atom is 0.263 e. The fourth-order valence-corrected chi connectivity index (χ4v) is 1.34. The number of benzene rings is 1. The summed E-state index contributed by atoms with van der Waals surface area (Å²) in [6.07, 6.45) is 0.957. The van der Waals surface area contributed by atoms with Crippen LogP contribution in [-0.4, -0.2) is 10.8 Å². The molecule has 0 radical (unpaired) electrons. The van der Waals surface area contributed by atoms with Crippen LogP contribution in [0.15, 0.2) is 22.6 Å². The van der Waals surface area contributed by atoms with E-state index in [0.29, 0.717) is 5.58 Å². The highest BCUT2D eigenvalue weighted by Gasteiger charge is 2.09. The van der Waals surface area contributed by atoms with E-state index in [0.717, 1.165) is 11.9 Å². The van der Waals surface area contributed by atoms with Gasteiger partial charge in [-0.2, -0.15) is 0 Å². The van der Waals surface area contributed by atoms with Crippen LogP contribution in [0.25, 0.3) is 11.1 Å². The number of oxazole rings is 1. The molecule has 0 amide bonds. The summed E-state index contributed by atoms with van der Waals surface area (Å²) in [5.74, 6) is 0.0486. The van der Waals surface area contributed by atoms with E-state index in [1.54, 1.807) is 0 Å². The number of hydrogen-bond acceptors (Lipinski definition) is 3. The second kappa shape index (κ2) is 3.25. The van der Waals surface area contributed by atoms with E-state index < -0.39 is 0 Å². The summed E-state index contributed by atoms with van der Waals surface area (Å²) >= 11 is 0. The zero-order valence-electron chi connectivity index (χ0n) is 8.20. The Morgan fingerprint density at radius 2 is 2.29 bits per heavy atom. The van der Waals surface area contributed by atoms with Crippen LogP contribution in [0.4, 0.5) is 0 Å². The third-order valence-electron chi connectivity index (χ3n) is 2.16. The fourth-order valence-electron chi connectivity index (χ4n) is 1.34. The Bertz CT molecular complexity index is 485. The van der Waals surface area contributed by atoms with E-state index in [9.17, 15) is 4.79 Å². The Kier molecular flexibility index (Phi) is 2.08. The predicted molar refractivity (Wildman–Crippen MR) is 53.4 cm³/mol. The SMILES string of the molecule is CCc1ccc2oc(C(C)=O)nc2c1. The largest absolute Gasteiger partial charge is 0.434 e. The molecule has 0 atom stereocenters. The molecule has 2 rings (SSSR count). The smallest absolute Gasteiger partial charge is 0.263 e. The summed E-state index contributed by atoms with van der Waals surface area (Å²) < 4.78 is 5.27. The summed E-state index contributed by atoms with van der Waals surface area (Å²) in [7, 11) is 0. The highest BCUT2D eigenvalue weighted by atomic mass is 16.4. The van der Waals surface area contributed by atoms with Crippen LogP contribution in [0.3, 0.4) is 0 Å². The van der Waals surface area contributed by atoms with Gasteiger partial charge in [-0.25, -0.2) is 4.98 Å². The quantitative estimate of drug-likeness (QED) is 0.682. The van der Waals surface area contributed by atoms with Gasteiger partial charge in [0.25, 0.3) is 5.89 Å². The van der Waals surface area contributed by atoms with Crippen molar-refractivity contribution in [2.45, 2.75) is 20.3 Å². The Morgan fingerprint density at radius 3 is 2.93 bits per heavy atom. The second-order valence-electron chi connectivity index (χ2n) is 3.23. The van der Waals surface area contributed by atoms with E-state index >= 15 is 0 Å². The molecule has 3 heteroatoms. The minimum Gasteiger partial charge on any atom is -0.434 e. The van der Waals surface area contributed by atoms with Crippen LogP contribution < -0.4 is 0 Å². The Balaban J connectivity index is 2.60. The van der Waals surface area contributed by atoms with Crippen LogP contribution in [0.2, 0.25) is 0 Å². The molecule has 3 nitrogen and oxygen atoms in total. The van der Waals surface area contributed by atoms with Crippen molar-refractivity contribution in [3.8, 4) is 0 Å². The first-order valence-corrected chi connectivity index (χ1v) is 4.61. The number of hydrogen-bond donors (Lipinski definition) is 0. The average molecular weight is 189 g/mol. The van der Waals surface area contributed by atoms with Crippen LogP contribution in [0.1, 0.15) is 30.1 Å². The summed E-state index contributed by atoms with van der Waals surface area (Å²) in [5.41, 5.74) is 2.63. The number of nitrogens with zero attached hydrogens (tertiary/aromatic N) is 1. The number of ketones is 1. The molecule has 72 valence electrons. The lowest BCUT2D eigenvalue weighted by Crippen LogP contribution is -1.89. The van der Waals surface area contributed by atoms with Gasteiger partial charge in [-0.3, -0.25) is 4.79 Å². The van der Waals surface area contributed by atoms with Crippen LogP contribution in [-0.2, 0) is 6.42 Å². The lowest BCUT2D eigenvalue weighted by molar-refractivity contribution is 0.0983. The fraction of sp³-hybridized carbons (Fsp3) is 0.273. The summed E-state index contributed by atoms with van der Waals surface area (Å²) in [5, 5.41) is 0. The lowest BCUT2D eigenvalue weighted by Gasteiger charge is -1.92. The van der Waals surface area contributed by atoms with Gasteiger partial charge in [0.15, 0.2) is 5.58 Å². The van der Waals surface area contributed by atoms with E-state index in [1.165, 1.54) is 12.5 Å². The van der Waals surface area contributed by atoms with E-state index in [1.807, 2.05) is 18.2 Å². The number of aromatic nitrogens is 1. The van der Waals surface area contributed by atoms with Gasteiger partial charge in [-0.15, -0.1) is 0 Å². The molecule has 0 N–H and O–H groups in total. The zero-order valence-corrected chi connectivity index (χ0v) is 8.20. The molecule has 1 heterocycles. The van der Waals surface area contributed by atoms with Gasteiger partial charge in [0.2, 0.25) is 5.78 Å². The number of carbonyl (C=O) groups is 1. The second-order valence-corrected chi connectivity index (χ2v) is 3.23. The van der Waals surface area contributed by atoms with Crippen molar-refractivity contribution in [2.24, 2.45) is 0 Å². The predicted octanol–water partition coefficient (Wildman–Crippen LogP) is 2.59. The molecule has 0 bridgehead atoms. The number of aryl methyl sites for hydroxylation is 1. The van der Waals surface area contributed by atoms with Crippen molar-refractivity contribution in [1.29, 1.82) is 0 Å². The molecular formula is C11H11NO2. The van der Waals surface area contributed by atoms with Gasteiger partial charge < -0.3 is 4.42 Å². The molecule has 0 saturated heterocycles. The molecule has 0 aliphatic carbocycles. The third-order valence-corrected chi connectivity index (χ3v) is 2.16. The Labute approximate surface area is 81.7 Å². The van der Waals surface area contributed by atoms with Crippen molar-refractivity contribution in [3.05, 3.63) is 29.7 Å². The van der Waals surface area contributed by atoms with Crippen molar-refractivity contribution >= 4 is 16.9 Å². The van der Waals surface area contributed by atoms with Gasteiger partial charge in [-0.05, 0) is 24.1 Å². The van der Waals surface area contributed by atoms with Gasteiger partial charge in [0.05, 0.1) is 0 Å². The van der Waals surface area contributed by atoms with E-state index in [2.05, 4.69) is 11.9 Å². The molecule has 14 heavy (non-hydrogen) atoms. The molecular weight excluding hydrogens is 178 g/mol. The number of carbonyl (C=O) groups excluding carboxylic acids is 1. The van der Waals surface area contributed by atoms with Crippen molar-refractivity contribution < 1.29 is 9.21 Å². The number of fused-ring (bicyclic) bond motifs is 1. The zero-order chi connectivity index (χ0) is 10.1. The maximum absolute atomic E-state index is 11.0. The summed E-state index contributed by atoms with van der Waals surface area (Å²) in [4.78, 5) is 15.1. The highest BCUT2D eigenvalue weighted by Crippen LogP contribution is 2.17. The molecule has 0 aliphatic heterocycles. The monoisotopic (exact) mass is 189 g/mol. The number of Topliss-reactive ketones (excluding diaryl/α,β-unsaturated/α-hetero) is 1. The average Bonchev–Trinajstić information content (AvgIpc) is 2.59. The molecule has 0 spiro atoms. The van der Waals surface area contributed by atoms with Gasteiger partial charge in [0, 0.05) is 6.92 Å². The Hall–Kier alpha value is -1.64. The molecule has 0 unspecified atom stereocenters. The first-order valence-electron chi connectivity index (χ1n) is 4.61. The van der Waals surface area contributed by atoms with Crippen molar-refractivity contribution in [2.75, 3.05) is 0 Å². The van der Waals surface area contributed by atoms with Crippen LogP contribution in [0.5, 0.6) is 0 Å². The Morgan fingerprint density at radius 1 is 1.50 bits per heavy atom. The van der Waals surface area contributed by atoms with Crippen molar-refractivity contribution in [1.82, 2.24) is 4.98 Å². The minimum atomic E-state index is -0.140. The summed E-state index contributed by atoms with van der Waals surface area (Å²) in [6.45, 7) is 3.53. The topological polar surface area (TPSA) is 43.1 Å². The normalized spacial score (nSPS) is 10.7. The first-order chi connectivity index (χ1) is 6.70. The number of rotatable bonds is 2. The molecule has 1 aromatic heterocycles. The molecule has 0 aliphatic rings. The third kappa shape index (κ3) is 1.41. The minimum absolute atomic E-state index is 0.140. The van der Waals surface area contributed by atoms with Crippen molar-refractivity contribution in [3.63, 3.8) is 0 Å². The molecule has 0 fully saturated rings. The lowest BCUT2D eigenvalue weighted by atomic mass is 10.1. The molecule has 0 saturated carbocycles. The van der Waals surface area contributed by atoms with E-state index in [-0.39, 0.29) is 11.7 Å². The molecule has 2 aromatic rings. The highest BCUT2D eigenvalue weighted by molar-refractivity contribution is 5.92. The molecule has 1 aromatic carbocycles. The van der Waals surface area contributed by atoms with Crippen LogP contribution >= 0.6 is 0 Å². The van der Waals surface area contributed by atoms with Gasteiger partial charge in [0.1, 0.15) is 5.52 Å². The maximum atomic E-state index is 11.0. The van der Waals surface area contributed by atoms with E-state index in [4.69, 9.17) is 4.42 Å². The standard InChI is InChI=1S/C11H11NO2/c1-3-8-4-5-10-9(6-8)12-11(14-10)7(2)13/h4-6H,3H2,1-2H3. The van der Waals surface area contributed by atoms with Gasteiger partial charge >= 0.3 is 0 Å². The summed E-state index contributed by atoms with van der Waals surface area (Å²) in [6, 6.07) is 5.79. The van der Waals surface area contributed by atoms with Crippen LogP contribution in [0, 0.1) is 0 Å². The first kappa shape index (κ1) is 8.94.